The van der Waals surface area contributed by atoms with Crippen LogP contribution in [0.3, 0.4) is 0 Å². The molecule has 0 aliphatic heterocycles. The van der Waals surface area contributed by atoms with Crippen molar-refractivity contribution in [2.24, 2.45) is 5.73 Å². The van der Waals surface area contributed by atoms with E-state index in [1.54, 1.807) is 33.8 Å². The number of rotatable bonds is 3. The molecule has 0 heterocycles. The van der Waals surface area contributed by atoms with Crippen LogP contribution in [0.1, 0.15) is 37.9 Å². The van der Waals surface area contributed by atoms with Crippen LogP contribution in [0.5, 0.6) is 0 Å². The van der Waals surface area contributed by atoms with Gasteiger partial charge in [-0.05, 0) is 51.0 Å². The lowest BCUT2D eigenvalue weighted by molar-refractivity contribution is 0.0524. The summed E-state index contributed by atoms with van der Waals surface area (Å²) >= 11 is 0. The van der Waals surface area contributed by atoms with Crippen molar-refractivity contribution in [3.63, 3.8) is 0 Å². The van der Waals surface area contributed by atoms with E-state index in [-0.39, 0.29) is 12.4 Å². The number of nitrogens with one attached hydrogen (secondary N) is 1. The average molecular weight is 268 g/mol. The summed E-state index contributed by atoms with van der Waals surface area (Å²) in [6.45, 7) is 7.39. The Morgan fingerprint density at radius 3 is 2.63 bits per heavy atom. The van der Waals surface area contributed by atoms with Crippen molar-refractivity contribution in [3.8, 4) is 0 Å². The Kier molecular flexibility index (Phi) is 4.89. The van der Waals surface area contributed by atoms with Crippen LogP contribution in [0.4, 0.5) is 9.18 Å². The smallest absolute Gasteiger partial charge is 0.407 e. The van der Waals surface area contributed by atoms with Gasteiger partial charge in [0.15, 0.2) is 0 Å². The molecule has 0 aliphatic rings. The number of alkyl carbamates (subject to hydrolysis) is 1. The fourth-order valence-electron chi connectivity index (χ4n) is 1.67. The second kappa shape index (κ2) is 6.02. The molecule has 0 radical (unpaired) electrons. The first-order chi connectivity index (χ1) is 8.69. The largest absolute Gasteiger partial charge is 0.444 e. The fourth-order valence-corrected chi connectivity index (χ4v) is 1.67. The number of carbonyl (C=O) groups excluding carboxylic acids is 1. The maximum Gasteiger partial charge on any atom is 0.407 e. The average Bonchev–Trinajstić information content (AvgIpc) is 2.23. The lowest BCUT2D eigenvalue weighted by Crippen LogP contribution is -2.36. The van der Waals surface area contributed by atoms with Gasteiger partial charge in [0, 0.05) is 12.6 Å². The van der Waals surface area contributed by atoms with Gasteiger partial charge in [0.2, 0.25) is 0 Å². The second-order valence-electron chi connectivity index (χ2n) is 5.49. The molecule has 19 heavy (non-hydrogen) atoms. The van der Waals surface area contributed by atoms with Crippen molar-refractivity contribution in [2.75, 3.05) is 6.54 Å². The van der Waals surface area contributed by atoms with Crippen molar-refractivity contribution in [1.29, 1.82) is 0 Å². The Morgan fingerprint density at radius 2 is 2.11 bits per heavy atom. The molecule has 0 spiro atoms. The summed E-state index contributed by atoms with van der Waals surface area (Å²) < 4.78 is 18.1. The zero-order valence-corrected chi connectivity index (χ0v) is 11.8. The van der Waals surface area contributed by atoms with Crippen LogP contribution >= 0.6 is 0 Å². The van der Waals surface area contributed by atoms with Crippen molar-refractivity contribution in [1.82, 2.24) is 5.32 Å². The van der Waals surface area contributed by atoms with E-state index in [0.717, 1.165) is 11.1 Å². The maximum atomic E-state index is 13.0. The summed E-state index contributed by atoms with van der Waals surface area (Å²) in [4.78, 5) is 11.5. The lowest BCUT2D eigenvalue weighted by Gasteiger charge is -2.21. The molecule has 0 bridgehead atoms. The minimum atomic E-state index is -0.542. The summed E-state index contributed by atoms with van der Waals surface area (Å²) in [5, 5.41) is 2.60. The van der Waals surface area contributed by atoms with Gasteiger partial charge in [-0.3, -0.25) is 0 Å². The summed E-state index contributed by atoms with van der Waals surface area (Å²) in [7, 11) is 0. The predicted octanol–water partition coefficient (Wildman–Crippen LogP) is 2.66. The molecule has 5 heteroatoms. The van der Waals surface area contributed by atoms with Gasteiger partial charge < -0.3 is 15.8 Å². The van der Waals surface area contributed by atoms with Gasteiger partial charge in [-0.15, -0.1) is 0 Å². The third-order valence-electron chi connectivity index (χ3n) is 2.50. The number of hydrogen-bond donors (Lipinski definition) is 2. The predicted molar refractivity (Wildman–Crippen MR) is 72.3 cm³/mol. The van der Waals surface area contributed by atoms with Gasteiger partial charge in [-0.1, -0.05) is 6.07 Å². The van der Waals surface area contributed by atoms with Crippen LogP contribution in [0.25, 0.3) is 0 Å². The maximum absolute atomic E-state index is 13.0. The molecular weight excluding hydrogens is 247 g/mol. The third-order valence-corrected chi connectivity index (χ3v) is 2.50. The zero-order chi connectivity index (χ0) is 14.6. The van der Waals surface area contributed by atoms with Crippen LogP contribution in [0.2, 0.25) is 0 Å². The first kappa shape index (κ1) is 15.4. The highest BCUT2D eigenvalue weighted by Gasteiger charge is 2.17. The quantitative estimate of drug-likeness (QED) is 0.885. The van der Waals surface area contributed by atoms with E-state index in [2.05, 4.69) is 5.32 Å². The molecule has 0 saturated carbocycles. The monoisotopic (exact) mass is 268 g/mol. The fraction of sp³-hybridized carbons (Fsp3) is 0.500. The molecule has 1 aromatic rings. The molecule has 1 atom stereocenters. The van der Waals surface area contributed by atoms with E-state index in [9.17, 15) is 9.18 Å². The number of amides is 1. The molecule has 1 unspecified atom stereocenters. The molecule has 1 aromatic carbocycles. The van der Waals surface area contributed by atoms with Crippen LogP contribution < -0.4 is 11.1 Å². The second-order valence-corrected chi connectivity index (χ2v) is 5.49. The topological polar surface area (TPSA) is 64.3 Å². The molecule has 0 aliphatic carbocycles. The number of halogens is 1. The summed E-state index contributed by atoms with van der Waals surface area (Å²) in [6, 6.07) is 4.01. The van der Waals surface area contributed by atoms with Crippen LogP contribution in [-0.4, -0.2) is 18.2 Å². The highest BCUT2D eigenvalue weighted by atomic mass is 19.1. The van der Waals surface area contributed by atoms with Crippen molar-refractivity contribution >= 4 is 6.09 Å². The Morgan fingerprint density at radius 1 is 1.47 bits per heavy atom. The highest BCUT2D eigenvalue weighted by Crippen LogP contribution is 2.16. The molecule has 1 amide bonds. The molecular formula is C14H21FN2O2. The SMILES string of the molecule is Cc1cc(F)ccc1C(N)CNC(=O)OC(C)(C)C. The van der Waals surface area contributed by atoms with E-state index in [1.807, 2.05) is 0 Å². The molecule has 0 saturated heterocycles. The number of hydrogen-bond acceptors (Lipinski definition) is 3. The number of nitrogens with two attached hydrogens (primary N) is 1. The number of aryl methyl sites for hydroxylation is 1. The van der Waals surface area contributed by atoms with Gasteiger partial charge >= 0.3 is 6.09 Å². The number of benzene rings is 1. The third kappa shape index (κ3) is 5.26. The van der Waals surface area contributed by atoms with E-state index in [1.165, 1.54) is 12.1 Å². The van der Waals surface area contributed by atoms with E-state index >= 15 is 0 Å². The molecule has 0 aromatic heterocycles. The normalized spacial score (nSPS) is 12.9. The number of carbonyl (C=O) groups is 1. The molecule has 0 fully saturated rings. The minimum Gasteiger partial charge on any atom is -0.444 e. The van der Waals surface area contributed by atoms with Gasteiger partial charge in [0.05, 0.1) is 0 Å². The lowest BCUT2D eigenvalue weighted by atomic mass is 10.0. The first-order valence-corrected chi connectivity index (χ1v) is 6.17. The Bertz CT molecular complexity index is 455. The van der Waals surface area contributed by atoms with Gasteiger partial charge in [0.25, 0.3) is 0 Å². The highest BCUT2D eigenvalue weighted by molar-refractivity contribution is 5.67. The van der Waals surface area contributed by atoms with Crippen molar-refractivity contribution < 1.29 is 13.9 Å². The zero-order valence-electron chi connectivity index (χ0n) is 11.8. The molecule has 1 rings (SSSR count). The van der Waals surface area contributed by atoms with Crippen molar-refractivity contribution in [3.05, 3.63) is 35.1 Å². The van der Waals surface area contributed by atoms with Gasteiger partial charge in [-0.25, -0.2) is 9.18 Å². The number of ether oxygens (including phenoxy) is 1. The van der Waals surface area contributed by atoms with E-state index < -0.39 is 17.7 Å². The molecule has 106 valence electrons. The Hall–Kier alpha value is -1.62. The summed E-state index contributed by atoms with van der Waals surface area (Å²) in [5.74, 6) is -0.298. The first-order valence-electron chi connectivity index (χ1n) is 6.17. The van der Waals surface area contributed by atoms with Crippen LogP contribution in [-0.2, 0) is 4.74 Å². The Labute approximate surface area is 113 Å². The van der Waals surface area contributed by atoms with Crippen molar-refractivity contribution in [2.45, 2.75) is 39.3 Å². The molecule has 4 nitrogen and oxygen atoms in total. The van der Waals surface area contributed by atoms with E-state index in [4.69, 9.17) is 10.5 Å². The molecule has 3 N–H and O–H groups in total. The summed E-state index contributed by atoms with van der Waals surface area (Å²) in [5.41, 5.74) is 6.99. The van der Waals surface area contributed by atoms with Crippen LogP contribution in [0.15, 0.2) is 18.2 Å². The standard InChI is InChI=1S/C14H21FN2O2/c1-9-7-10(15)5-6-11(9)12(16)8-17-13(18)19-14(2,3)4/h5-7,12H,8,16H2,1-4H3,(H,17,18). The van der Waals surface area contributed by atoms with Crippen LogP contribution in [0, 0.1) is 12.7 Å². The Balaban J connectivity index is 2.56. The minimum absolute atomic E-state index is 0.237. The summed E-state index contributed by atoms with van der Waals surface area (Å²) in [6.07, 6.45) is -0.511. The van der Waals surface area contributed by atoms with E-state index in [0.29, 0.717) is 0 Å². The van der Waals surface area contributed by atoms with Gasteiger partial charge in [-0.2, -0.15) is 0 Å². The van der Waals surface area contributed by atoms with Gasteiger partial charge in [0.1, 0.15) is 11.4 Å².